The summed E-state index contributed by atoms with van der Waals surface area (Å²) in [7, 11) is 0. The zero-order valence-corrected chi connectivity index (χ0v) is 9.91. The molecule has 0 bridgehead atoms. The van der Waals surface area contributed by atoms with Gasteiger partial charge in [0.15, 0.2) is 0 Å². The van der Waals surface area contributed by atoms with Gasteiger partial charge in [0.1, 0.15) is 0 Å². The minimum absolute atomic E-state index is 0. The zero-order valence-electron chi connectivity index (χ0n) is 9.91. The molecule has 1 aliphatic heterocycles. The molecule has 0 radical (unpaired) electrons. The molecule has 2 nitrogen and oxygen atoms in total. The first-order valence-electron chi connectivity index (χ1n) is 5.92. The first-order valence-corrected chi connectivity index (χ1v) is 5.92. The Morgan fingerprint density at radius 2 is 1.82 bits per heavy atom. The Bertz CT molecular complexity index is 350. The maximum absolute atomic E-state index is 5.34. The molecule has 0 aromatic heterocycles. The van der Waals surface area contributed by atoms with E-state index >= 15 is 0 Å². The maximum Gasteiger partial charge on any atom is 0.0642 e. The Kier molecular flexibility index (Phi) is 5.23. The molecule has 2 heteroatoms. The molecule has 2 rings (SSSR count). The van der Waals surface area contributed by atoms with Crippen LogP contribution in [0.25, 0.3) is 5.70 Å². The SMILES string of the molecule is C.C=C(c1ccc(CC)cc1)N1CCOCC1. The van der Waals surface area contributed by atoms with Crippen molar-refractivity contribution in [2.75, 3.05) is 26.3 Å². The van der Waals surface area contributed by atoms with Crippen LogP contribution < -0.4 is 0 Å². The molecule has 1 fully saturated rings. The van der Waals surface area contributed by atoms with Gasteiger partial charge in [0.2, 0.25) is 0 Å². The summed E-state index contributed by atoms with van der Waals surface area (Å²) in [6.07, 6.45) is 1.09. The lowest BCUT2D eigenvalue weighted by Gasteiger charge is -2.30. The fourth-order valence-electron chi connectivity index (χ4n) is 1.95. The van der Waals surface area contributed by atoms with E-state index in [0.717, 1.165) is 38.4 Å². The highest BCUT2D eigenvalue weighted by atomic mass is 16.5. The largest absolute Gasteiger partial charge is 0.378 e. The maximum atomic E-state index is 5.34. The van der Waals surface area contributed by atoms with Crippen LogP contribution in [0.15, 0.2) is 30.8 Å². The molecular weight excluding hydrogens is 210 g/mol. The van der Waals surface area contributed by atoms with Crippen molar-refractivity contribution >= 4 is 5.70 Å². The first-order chi connectivity index (χ1) is 7.81. The van der Waals surface area contributed by atoms with Crippen molar-refractivity contribution in [1.82, 2.24) is 4.90 Å². The van der Waals surface area contributed by atoms with Crippen LogP contribution >= 0.6 is 0 Å². The lowest BCUT2D eigenvalue weighted by Crippen LogP contribution is -2.34. The molecule has 0 spiro atoms. The molecule has 0 amide bonds. The number of nitrogens with zero attached hydrogens (tertiary/aromatic N) is 1. The normalized spacial score (nSPS) is 15.2. The molecule has 1 saturated heterocycles. The van der Waals surface area contributed by atoms with Crippen LogP contribution in [0.4, 0.5) is 0 Å². The third-order valence-electron chi connectivity index (χ3n) is 3.09. The van der Waals surface area contributed by atoms with Gasteiger partial charge in [-0.25, -0.2) is 0 Å². The van der Waals surface area contributed by atoms with Crippen molar-refractivity contribution in [3.05, 3.63) is 42.0 Å². The van der Waals surface area contributed by atoms with Crippen molar-refractivity contribution in [2.24, 2.45) is 0 Å². The average Bonchev–Trinajstić information content (AvgIpc) is 2.39. The number of hydrogen-bond acceptors (Lipinski definition) is 2. The second-order valence-corrected chi connectivity index (χ2v) is 4.10. The fourth-order valence-corrected chi connectivity index (χ4v) is 1.95. The smallest absolute Gasteiger partial charge is 0.0642 e. The number of rotatable bonds is 3. The molecule has 1 aromatic rings. The van der Waals surface area contributed by atoms with E-state index in [1.165, 1.54) is 11.1 Å². The molecule has 0 unspecified atom stereocenters. The Hall–Kier alpha value is -1.28. The van der Waals surface area contributed by atoms with E-state index in [4.69, 9.17) is 4.74 Å². The highest BCUT2D eigenvalue weighted by molar-refractivity contribution is 5.62. The minimum atomic E-state index is 0. The average molecular weight is 233 g/mol. The van der Waals surface area contributed by atoms with E-state index < -0.39 is 0 Å². The van der Waals surface area contributed by atoms with Crippen LogP contribution in [0.5, 0.6) is 0 Å². The second kappa shape index (κ2) is 6.45. The first kappa shape index (κ1) is 13.8. The van der Waals surface area contributed by atoms with E-state index in [1.807, 2.05) is 0 Å². The van der Waals surface area contributed by atoms with Gasteiger partial charge in [0.05, 0.1) is 13.2 Å². The predicted molar refractivity (Wildman–Crippen MR) is 74.0 cm³/mol. The Morgan fingerprint density at radius 1 is 1.24 bits per heavy atom. The van der Waals surface area contributed by atoms with Crippen LogP contribution in [-0.4, -0.2) is 31.2 Å². The van der Waals surface area contributed by atoms with Crippen LogP contribution in [0.3, 0.4) is 0 Å². The summed E-state index contributed by atoms with van der Waals surface area (Å²) in [6, 6.07) is 8.69. The van der Waals surface area contributed by atoms with Crippen LogP contribution in [0.1, 0.15) is 25.5 Å². The van der Waals surface area contributed by atoms with Crippen molar-refractivity contribution in [3.63, 3.8) is 0 Å². The van der Waals surface area contributed by atoms with Crippen LogP contribution in [0, 0.1) is 0 Å². The number of morpholine rings is 1. The van der Waals surface area contributed by atoms with Gasteiger partial charge in [-0.05, 0) is 17.5 Å². The number of ether oxygens (including phenoxy) is 1. The highest BCUT2D eigenvalue weighted by Crippen LogP contribution is 2.19. The molecule has 0 saturated carbocycles. The number of aryl methyl sites for hydroxylation is 1. The summed E-state index contributed by atoms with van der Waals surface area (Å²) >= 11 is 0. The zero-order chi connectivity index (χ0) is 11.4. The highest BCUT2D eigenvalue weighted by Gasteiger charge is 2.12. The third kappa shape index (κ3) is 3.34. The molecule has 1 aromatic carbocycles. The summed E-state index contributed by atoms with van der Waals surface area (Å²) in [6.45, 7) is 9.88. The molecule has 0 N–H and O–H groups in total. The van der Waals surface area contributed by atoms with Gasteiger partial charge in [-0.1, -0.05) is 45.2 Å². The second-order valence-electron chi connectivity index (χ2n) is 4.10. The molecule has 1 aliphatic rings. The summed E-state index contributed by atoms with van der Waals surface area (Å²) in [4.78, 5) is 2.30. The lowest BCUT2D eigenvalue weighted by molar-refractivity contribution is 0.0641. The third-order valence-corrected chi connectivity index (χ3v) is 3.09. The topological polar surface area (TPSA) is 12.5 Å². The van der Waals surface area contributed by atoms with Gasteiger partial charge < -0.3 is 9.64 Å². The molecular formula is C15H23NO. The molecule has 94 valence electrons. The van der Waals surface area contributed by atoms with Crippen molar-refractivity contribution in [1.29, 1.82) is 0 Å². The fraction of sp³-hybridized carbons (Fsp3) is 0.467. The summed E-state index contributed by atoms with van der Waals surface area (Å²) in [5.74, 6) is 0. The van der Waals surface area contributed by atoms with E-state index in [-0.39, 0.29) is 7.43 Å². The Labute approximate surface area is 105 Å². The van der Waals surface area contributed by atoms with E-state index in [1.54, 1.807) is 0 Å². The summed E-state index contributed by atoms with van der Waals surface area (Å²) < 4.78 is 5.34. The monoisotopic (exact) mass is 233 g/mol. The van der Waals surface area contributed by atoms with Gasteiger partial charge in [-0.3, -0.25) is 0 Å². The van der Waals surface area contributed by atoms with Crippen LogP contribution in [-0.2, 0) is 11.2 Å². The number of hydrogen-bond donors (Lipinski definition) is 0. The van der Waals surface area contributed by atoms with Crippen molar-refractivity contribution < 1.29 is 4.74 Å². The van der Waals surface area contributed by atoms with Gasteiger partial charge in [-0.15, -0.1) is 0 Å². The quantitative estimate of drug-likeness (QED) is 0.795. The Balaban J connectivity index is 0.00000144. The molecule has 0 atom stereocenters. The lowest BCUT2D eigenvalue weighted by atomic mass is 10.1. The molecule has 17 heavy (non-hydrogen) atoms. The number of benzene rings is 1. The molecule has 0 aliphatic carbocycles. The molecule has 1 heterocycles. The van der Waals surface area contributed by atoms with Gasteiger partial charge in [-0.2, -0.15) is 0 Å². The van der Waals surface area contributed by atoms with E-state index in [2.05, 4.69) is 42.7 Å². The summed E-state index contributed by atoms with van der Waals surface area (Å²) in [5, 5.41) is 0. The standard InChI is InChI=1S/C14H19NO.CH4/c1-3-13-4-6-14(7-5-13)12(2)15-8-10-16-11-9-15;/h4-7H,2-3,8-11H2,1H3;1H4. The van der Waals surface area contributed by atoms with Crippen molar-refractivity contribution in [2.45, 2.75) is 20.8 Å². The Morgan fingerprint density at radius 3 is 2.35 bits per heavy atom. The predicted octanol–water partition coefficient (Wildman–Crippen LogP) is 3.19. The van der Waals surface area contributed by atoms with Gasteiger partial charge in [0.25, 0.3) is 0 Å². The summed E-state index contributed by atoms with van der Waals surface area (Å²) in [5.41, 5.74) is 3.71. The van der Waals surface area contributed by atoms with E-state index in [9.17, 15) is 0 Å². The minimum Gasteiger partial charge on any atom is -0.378 e. The van der Waals surface area contributed by atoms with Gasteiger partial charge >= 0.3 is 0 Å². The van der Waals surface area contributed by atoms with Crippen LogP contribution in [0.2, 0.25) is 0 Å². The van der Waals surface area contributed by atoms with E-state index in [0.29, 0.717) is 0 Å². The van der Waals surface area contributed by atoms with Crippen molar-refractivity contribution in [3.8, 4) is 0 Å². The van der Waals surface area contributed by atoms with Gasteiger partial charge in [0, 0.05) is 18.8 Å².